The van der Waals surface area contributed by atoms with Crippen LogP contribution in [0, 0.1) is 0 Å². The van der Waals surface area contributed by atoms with E-state index in [4.69, 9.17) is 0 Å². The zero-order chi connectivity index (χ0) is 12.7. The second kappa shape index (κ2) is 7.84. The molecule has 0 aromatic rings. The normalized spacial score (nSPS) is 19.2. The van der Waals surface area contributed by atoms with Gasteiger partial charge in [0.25, 0.3) is 0 Å². The summed E-state index contributed by atoms with van der Waals surface area (Å²) >= 11 is 0. The first-order valence-electron chi connectivity index (χ1n) is 6.26. The van der Waals surface area contributed by atoms with Gasteiger partial charge in [-0.3, -0.25) is 4.79 Å². The fourth-order valence-electron chi connectivity index (χ4n) is 1.96. The Morgan fingerprint density at radius 1 is 1.44 bits per heavy atom. The Morgan fingerprint density at radius 3 is 2.38 bits per heavy atom. The number of rotatable bonds is 3. The van der Waals surface area contributed by atoms with Crippen molar-refractivity contribution < 1.29 is 4.79 Å². The van der Waals surface area contributed by atoms with Gasteiger partial charge in [0.15, 0.2) is 0 Å². The van der Waals surface area contributed by atoms with Crippen LogP contribution in [0.2, 0.25) is 0 Å². The van der Waals surface area contributed by atoms with Gasteiger partial charge in [0.05, 0.1) is 0 Å². The molecule has 94 valence electrons. The van der Waals surface area contributed by atoms with Crippen LogP contribution < -0.4 is 0 Å². The van der Waals surface area contributed by atoms with Gasteiger partial charge in [-0.15, -0.1) is 9.24 Å². The van der Waals surface area contributed by atoms with Gasteiger partial charge in [-0.1, -0.05) is 26.3 Å². The maximum absolute atomic E-state index is 12.0. The highest BCUT2D eigenvalue weighted by molar-refractivity contribution is 7.17. The molecular formula is C13H26NOP. The molecule has 0 aliphatic heterocycles. The van der Waals surface area contributed by atoms with Crippen LogP contribution in [0.15, 0.2) is 11.1 Å². The van der Waals surface area contributed by atoms with E-state index in [-0.39, 0.29) is 5.91 Å². The SMILES string of the molecule is CC.CCCN(C)C(=O)C1=C(C)CC(P)C1. The molecule has 0 bridgehead atoms. The van der Waals surface area contributed by atoms with Crippen molar-refractivity contribution in [2.24, 2.45) is 0 Å². The third kappa shape index (κ3) is 4.25. The van der Waals surface area contributed by atoms with Crippen LogP contribution in [0.25, 0.3) is 0 Å². The first-order valence-corrected chi connectivity index (χ1v) is 6.92. The van der Waals surface area contributed by atoms with Gasteiger partial charge in [0.2, 0.25) is 5.91 Å². The van der Waals surface area contributed by atoms with E-state index < -0.39 is 0 Å². The number of carbonyl (C=O) groups is 1. The van der Waals surface area contributed by atoms with Crippen molar-refractivity contribution in [3.63, 3.8) is 0 Å². The lowest BCUT2D eigenvalue weighted by Gasteiger charge is -2.17. The predicted octanol–water partition coefficient (Wildman–Crippen LogP) is 3.24. The highest BCUT2D eigenvalue weighted by Gasteiger charge is 2.24. The molecule has 0 radical (unpaired) electrons. The maximum atomic E-state index is 12.0. The lowest BCUT2D eigenvalue weighted by Crippen LogP contribution is -2.28. The summed E-state index contributed by atoms with van der Waals surface area (Å²) in [4.78, 5) is 13.8. The van der Waals surface area contributed by atoms with Gasteiger partial charge < -0.3 is 4.90 Å². The Balaban J connectivity index is 0.00000106. The van der Waals surface area contributed by atoms with Gasteiger partial charge in [0, 0.05) is 19.2 Å². The number of carbonyl (C=O) groups excluding carboxylic acids is 1. The van der Waals surface area contributed by atoms with Crippen LogP contribution in [0.3, 0.4) is 0 Å². The Kier molecular flexibility index (Phi) is 7.66. The van der Waals surface area contributed by atoms with E-state index in [1.54, 1.807) is 0 Å². The molecule has 1 amide bonds. The summed E-state index contributed by atoms with van der Waals surface area (Å²) in [6.45, 7) is 9.03. The average Bonchev–Trinajstić information content (AvgIpc) is 2.60. The minimum atomic E-state index is 0.231. The van der Waals surface area contributed by atoms with Crippen LogP contribution in [0.4, 0.5) is 0 Å². The molecule has 2 atom stereocenters. The molecule has 1 rings (SSSR count). The predicted molar refractivity (Wildman–Crippen MR) is 74.7 cm³/mol. The standard InChI is InChI=1S/C11H20NOP.C2H6/c1-4-5-12(3)11(13)10-7-9(14)6-8(10)2;1-2/h9H,4-7,14H2,1-3H3;1-2H3. The van der Waals surface area contributed by atoms with Crippen molar-refractivity contribution in [1.82, 2.24) is 4.90 Å². The van der Waals surface area contributed by atoms with Crippen molar-refractivity contribution >= 4 is 15.1 Å². The Labute approximate surface area is 103 Å². The van der Waals surface area contributed by atoms with E-state index in [1.807, 2.05) is 25.8 Å². The summed E-state index contributed by atoms with van der Waals surface area (Å²) in [6, 6.07) is 0. The van der Waals surface area contributed by atoms with E-state index in [9.17, 15) is 4.79 Å². The van der Waals surface area contributed by atoms with Crippen molar-refractivity contribution in [2.75, 3.05) is 13.6 Å². The highest BCUT2D eigenvalue weighted by Crippen LogP contribution is 2.32. The van der Waals surface area contributed by atoms with Crippen LogP contribution in [0.1, 0.15) is 47.0 Å². The van der Waals surface area contributed by atoms with Gasteiger partial charge in [0.1, 0.15) is 0 Å². The first kappa shape index (κ1) is 15.6. The Hall–Kier alpha value is -0.360. The number of nitrogens with zero attached hydrogens (tertiary/aromatic N) is 1. The second-order valence-corrected chi connectivity index (χ2v) is 5.10. The third-order valence-electron chi connectivity index (χ3n) is 2.71. The van der Waals surface area contributed by atoms with Crippen LogP contribution in [-0.2, 0) is 4.79 Å². The molecule has 0 N–H and O–H groups in total. The van der Waals surface area contributed by atoms with Crippen LogP contribution in [0.5, 0.6) is 0 Å². The minimum absolute atomic E-state index is 0.231. The number of hydrogen-bond acceptors (Lipinski definition) is 1. The molecule has 0 spiro atoms. The largest absolute Gasteiger partial charge is 0.342 e. The molecule has 0 aromatic carbocycles. The smallest absolute Gasteiger partial charge is 0.249 e. The second-order valence-electron chi connectivity index (χ2n) is 4.15. The summed E-state index contributed by atoms with van der Waals surface area (Å²) in [6.07, 6.45) is 3.02. The summed E-state index contributed by atoms with van der Waals surface area (Å²) in [5, 5.41) is 0. The number of likely N-dealkylation sites (N-methyl/N-ethyl adjacent to an activating group) is 1. The molecule has 2 unspecified atom stereocenters. The monoisotopic (exact) mass is 243 g/mol. The number of amides is 1. The van der Waals surface area contributed by atoms with Gasteiger partial charge in [-0.2, -0.15) is 0 Å². The topological polar surface area (TPSA) is 20.3 Å². The van der Waals surface area contributed by atoms with Crippen molar-refractivity contribution in [2.45, 2.75) is 52.6 Å². The average molecular weight is 243 g/mol. The Bertz CT molecular complexity index is 261. The molecular weight excluding hydrogens is 217 g/mol. The Morgan fingerprint density at radius 2 is 2.00 bits per heavy atom. The van der Waals surface area contributed by atoms with Crippen molar-refractivity contribution in [1.29, 1.82) is 0 Å². The number of allylic oxidation sites excluding steroid dienone is 1. The van der Waals surface area contributed by atoms with Gasteiger partial charge in [-0.25, -0.2) is 0 Å². The van der Waals surface area contributed by atoms with Crippen LogP contribution >= 0.6 is 9.24 Å². The van der Waals surface area contributed by atoms with E-state index in [2.05, 4.69) is 23.1 Å². The third-order valence-corrected chi connectivity index (χ3v) is 3.19. The molecule has 0 saturated carbocycles. The quantitative estimate of drug-likeness (QED) is 0.697. The maximum Gasteiger partial charge on any atom is 0.249 e. The zero-order valence-electron chi connectivity index (χ0n) is 11.3. The summed E-state index contributed by atoms with van der Waals surface area (Å²) in [5.41, 5.74) is 2.89. The summed E-state index contributed by atoms with van der Waals surface area (Å²) < 4.78 is 0. The molecule has 2 nitrogen and oxygen atoms in total. The molecule has 1 aliphatic carbocycles. The van der Waals surface area contributed by atoms with Gasteiger partial charge >= 0.3 is 0 Å². The molecule has 3 heteroatoms. The minimum Gasteiger partial charge on any atom is -0.342 e. The van der Waals surface area contributed by atoms with Crippen molar-refractivity contribution in [3.8, 4) is 0 Å². The van der Waals surface area contributed by atoms with Crippen LogP contribution in [-0.4, -0.2) is 30.1 Å². The molecule has 16 heavy (non-hydrogen) atoms. The fourth-order valence-corrected chi connectivity index (χ4v) is 2.55. The highest BCUT2D eigenvalue weighted by atomic mass is 31.0. The van der Waals surface area contributed by atoms with E-state index in [0.29, 0.717) is 5.66 Å². The lowest BCUT2D eigenvalue weighted by atomic mass is 10.1. The molecule has 0 saturated heterocycles. The zero-order valence-corrected chi connectivity index (χ0v) is 12.5. The number of hydrogen-bond donors (Lipinski definition) is 0. The summed E-state index contributed by atoms with van der Waals surface area (Å²) in [7, 11) is 4.70. The first-order chi connectivity index (χ1) is 7.56. The summed E-state index contributed by atoms with van der Waals surface area (Å²) in [5.74, 6) is 0.231. The molecule has 0 fully saturated rings. The van der Waals surface area contributed by atoms with E-state index in [0.717, 1.165) is 31.4 Å². The van der Waals surface area contributed by atoms with E-state index >= 15 is 0 Å². The van der Waals surface area contributed by atoms with E-state index in [1.165, 1.54) is 5.57 Å². The lowest BCUT2D eigenvalue weighted by molar-refractivity contribution is -0.126. The molecule has 0 heterocycles. The van der Waals surface area contributed by atoms with Crippen molar-refractivity contribution in [3.05, 3.63) is 11.1 Å². The molecule has 1 aliphatic rings. The fraction of sp³-hybridized carbons (Fsp3) is 0.769. The van der Waals surface area contributed by atoms with Gasteiger partial charge in [-0.05, 0) is 31.8 Å². The molecule has 0 aromatic heterocycles.